The maximum Gasteiger partial charge on any atom is 0.310 e. The lowest BCUT2D eigenvalue weighted by molar-refractivity contribution is -0.138. The van der Waals surface area contributed by atoms with E-state index in [1.54, 1.807) is 6.92 Å². The molecule has 3 nitrogen and oxygen atoms in total. The van der Waals surface area contributed by atoms with Crippen LogP contribution in [0.3, 0.4) is 0 Å². The Morgan fingerprint density at radius 2 is 1.94 bits per heavy atom. The topological polar surface area (TPSA) is 49.3 Å². The fourth-order valence-electron chi connectivity index (χ4n) is 1.72. The zero-order valence-electron chi connectivity index (χ0n) is 9.14. The van der Waals surface area contributed by atoms with Crippen molar-refractivity contribution < 1.29 is 9.90 Å². The molecular formula is C12H16ClNO2. The maximum atomic E-state index is 10.8. The first-order chi connectivity index (χ1) is 7.18. The third kappa shape index (κ3) is 2.54. The van der Waals surface area contributed by atoms with Gasteiger partial charge in [-0.15, -0.1) is 12.4 Å². The Morgan fingerprint density at radius 1 is 1.38 bits per heavy atom. The lowest BCUT2D eigenvalue weighted by Gasteiger charge is -2.27. The molecule has 1 aromatic carbocycles. The van der Waals surface area contributed by atoms with E-state index in [9.17, 15) is 4.79 Å². The molecule has 4 heteroatoms. The maximum absolute atomic E-state index is 10.8. The minimum atomic E-state index is -0.770. The number of rotatable bonds is 3. The molecule has 16 heavy (non-hydrogen) atoms. The first kappa shape index (κ1) is 13.0. The van der Waals surface area contributed by atoms with Crippen LogP contribution in [-0.4, -0.2) is 24.2 Å². The molecule has 0 aromatic heterocycles. The monoisotopic (exact) mass is 241 g/mol. The van der Waals surface area contributed by atoms with Crippen LogP contribution in [0, 0.1) is 0 Å². The van der Waals surface area contributed by atoms with Crippen molar-refractivity contribution in [2.24, 2.45) is 0 Å². The fraction of sp³-hybridized carbons (Fsp3) is 0.417. The highest BCUT2D eigenvalue weighted by Gasteiger charge is 2.19. The van der Waals surface area contributed by atoms with Crippen molar-refractivity contribution in [1.29, 1.82) is 0 Å². The average Bonchev–Trinajstić information content (AvgIpc) is 2.15. The van der Waals surface area contributed by atoms with Gasteiger partial charge in [0.05, 0.1) is 5.92 Å². The van der Waals surface area contributed by atoms with E-state index in [4.69, 9.17) is 5.11 Å². The van der Waals surface area contributed by atoms with Crippen LogP contribution < -0.4 is 5.32 Å². The minimum absolute atomic E-state index is 0. The quantitative estimate of drug-likeness (QED) is 0.851. The molecule has 2 N–H and O–H groups in total. The van der Waals surface area contributed by atoms with Gasteiger partial charge in [0.15, 0.2) is 0 Å². The third-order valence-corrected chi connectivity index (χ3v) is 3.06. The molecule has 1 unspecified atom stereocenters. The highest BCUT2D eigenvalue weighted by atomic mass is 35.5. The number of nitrogens with one attached hydrogen (secondary N) is 1. The van der Waals surface area contributed by atoms with Crippen LogP contribution >= 0.6 is 12.4 Å². The first-order valence-corrected chi connectivity index (χ1v) is 5.22. The first-order valence-electron chi connectivity index (χ1n) is 5.22. The smallest absolute Gasteiger partial charge is 0.310 e. The van der Waals surface area contributed by atoms with Crippen LogP contribution in [0.5, 0.6) is 0 Å². The zero-order chi connectivity index (χ0) is 10.8. The summed E-state index contributed by atoms with van der Waals surface area (Å²) in [4.78, 5) is 10.8. The Hall–Kier alpha value is -1.06. The summed E-state index contributed by atoms with van der Waals surface area (Å²) in [5.41, 5.74) is 2.17. The second-order valence-corrected chi connectivity index (χ2v) is 4.08. The van der Waals surface area contributed by atoms with Crippen molar-refractivity contribution in [3.63, 3.8) is 0 Å². The molecule has 0 saturated carbocycles. The van der Waals surface area contributed by atoms with Gasteiger partial charge >= 0.3 is 5.97 Å². The Morgan fingerprint density at radius 3 is 2.31 bits per heavy atom. The molecule has 1 aliphatic rings. The molecule has 0 spiro atoms. The summed E-state index contributed by atoms with van der Waals surface area (Å²) in [6.07, 6.45) is 0. The third-order valence-electron chi connectivity index (χ3n) is 3.06. The standard InChI is InChI=1S/C12H15NO2.ClH/c1-8(12(14)15)9-2-4-10(5-3-9)11-6-13-7-11;/h2-5,8,11,13H,6-7H2,1H3,(H,14,15);1H. The Kier molecular flexibility index (Phi) is 4.33. The molecule has 1 saturated heterocycles. The van der Waals surface area contributed by atoms with Gasteiger partial charge in [0.1, 0.15) is 0 Å². The summed E-state index contributed by atoms with van der Waals surface area (Å²) in [6.45, 7) is 3.78. The number of carboxylic acids is 1. The predicted octanol–water partition coefficient (Wildman–Crippen LogP) is 1.98. The molecular weight excluding hydrogens is 226 g/mol. The summed E-state index contributed by atoms with van der Waals surface area (Å²) in [5, 5.41) is 12.1. The molecule has 1 atom stereocenters. The van der Waals surface area contributed by atoms with Gasteiger partial charge in [-0.25, -0.2) is 0 Å². The van der Waals surface area contributed by atoms with E-state index in [0.717, 1.165) is 18.7 Å². The molecule has 1 heterocycles. The zero-order valence-corrected chi connectivity index (χ0v) is 9.96. The van der Waals surface area contributed by atoms with Gasteiger partial charge in [0, 0.05) is 19.0 Å². The second-order valence-electron chi connectivity index (χ2n) is 4.08. The SMILES string of the molecule is CC(C(=O)O)c1ccc(C2CNC2)cc1.Cl. The number of halogens is 1. The summed E-state index contributed by atoms with van der Waals surface area (Å²) >= 11 is 0. The van der Waals surface area contributed by atoms with Crippen LogP contribution in [0.25, 0.3) is 0 Å². The molecule has 2 rings (SSSR count). The normalized spacial score (nSPS) is 17.1. The molecule has 0 aliphatic carbocycles. The lowest BCUT2D eigenvalue weighted by atomic mass is 9.91. The molecule has 0 amide bonds. The number of carboxylic acid groups (broad SMARTS) is 1. The van der Waals surface area contributed by atoms with Gasteiger partial charge in [-0.2, -0.15) is 0 Å². The van der Waals surface area contributed by atoms with Crippen LogP contribution in [0.2, 0.25) is 0 Å². The summed E-state index contributed by atoms with van der Waals surface area (Å²) in [6, 6.07) is 7.93. The summed E-state index contributed by atoms with van der Waals surface area (Å²) in [5.74, 6) is -0.578. The van der Waals surface area contributed by atoms with Gasteiger partial charge in [0.2, 0.25) is 0 Å². The second kappa shape index (κ2) is 5.32. The highest BCUT2D eigenvalue weighted by molar-refractivity contribution is 5.85. The van der Waals surface area contributed by atoms with Gasteiger partial charge in [-0.1, -0.05) is 24.3 Å². The Balaban J connectivity index is 0.00000128. The van der Waals surface area contributed by atoms with Crippen LogP contribution in [0.15, 0.2) is 24.3 Å². The Bertz CT molecular complexity index is 360. The van der Waals surface area contributed by atoms with Crippen LogP contribution in [0.4, 0.5) is 0 Å². The van der Waals surface area contributed by atoms with Crippen molar-refractivity contribution in [2.45, 2.75) is 18.8 Å². The van der Waals surface area contributed by atoms with Crippen molar-refractivity contribution in [1.82, 2.24) is 5.32 Å². The van der Waals surface area contributed by atoms with E-state index in [2.05, 4.69) is 5.32 Å². The van der Waals surface area contributed by atoms with Crippen molar-refractivity contribution in [3.05, 3.63) is 35.4 Å². The van der Waals surface area contributed by atoms with E-state index < -0.39 is 11.9 Å². The number of hydrogen-bond acceptors (Lipinski definition) is 2. The predicted molar refractivity (Wildman–Crippen MR) is 65.4 cm³/mol. The van der Waals surface area contributed by atoms with E-state index in [-0.39, 0.29) is 12.4 Å². The molecule has 0 bridgehead atoms. The van der Waals surface area contributed by atoms with Crippen LogP contribution in [-0.2, 0) is 4.79 Å². The molecule has 1 fully saturated rings. The van der Waals surface area contributed by atoms with E-state index in [1.807, 2.05) is 24.3 Å². The number of aliphatic carboxylic acids is 1. The molecule has 88 valence electrons. The van der Waals surface area contributed by atoms with E-state index in [1.165, 1.54) is 5.56 Å². The lowest BCUT2D eigenvalue weighted by Crippen LogP contribution is -2.39. The number of carbonyl (C=O) groups is 1. The fourth-order valence-corrected chi connectivity index (χ4v) is 1.72. The van der Waals surface area contributed by atoms with Gasteiger partial charge in [0.25, 0.3) is 0 Å². The van der Waals surface area contributed by atoms with Crippen molar-refractivity contribution in [3.8, 4) is 0 Å². The van der Waals surface area contributed by atoms with Crippen LogP contribution in [0.1, 0.15) is 29.9 Å². The molecule has 1 aromatic rings. The van der Waals surface area contributed by atoms with E-state index in [0.29, 0.717) is 5.92 Å². The van der Waals surface area contributed by atoms with E-state index >= 15 is 0 Å². The summed E-state index contributed by atoms with van der Waals surface area (Å²) in [7, 11) is 0. The van der Waals surface area contributed by atoms with Gasteiger partial charge in [-0.05, 0) is 18.1 Å². The van der Waals surface area contributed by atoms with Gasteiger partial charge in [-0.3, -0.25) is 4.79 Å². The molecule has 1 aliphatic heterocycles. The van der Waals surface area contributed by atoms with Crippen molar-refractivity contribution >= 4 is 18.4 Å². The van der Waals surface area contributed by atoms with Gasteiger partial charge < -0.3 is 10.4 Å². The number of benzene rings is 1. The highest BCUT2D eigenvalue weighted by Crippen LogP contribution is 2.22. The van der Waals surface area contributed by atoms with Crippen molar-refractivity contribution in [2.75, 3.05) is 13.1 Å². The largest absolute Gasteiger partial charge is 0.481 e. The molecule has 0 radical (unpaired) electrons. The Labute approximate surface area is 101 Å². The minimum Gasteiger partial charge on any atom is -0.481 e. The summed E-state index contributed by atoms with van der Waals surface area (Å²) < 4.78 is 0. The number of hydrogen-bond donors (Lipinski definition) is 2. The average molecular weight is 242 g/mol.